The second-order valence-electron chi connectivity index (χ2n) is 5.34. The Morgan fingerprint density at radius 2 is 2.41 bits per heavy atom. The number of hydrogen-bond donors (Lipinski definition) is 1. The van der Waals surface area contributed by atoms with E-state index < -0.39 is 11.8 Å². The lowest BCUT2D eigenvalue weighted by atomic mass is 10.0. The van der Waals surface area contributed by atoms with Gasteiger partial charge in [0.2, 0.25) is 5.82 Å². The first-order valence-corrected chi connectivity index (χ1v) is 7.69. The first-order valence-electron chi connectivity index (χ1n) is 6.88. The lowest BCUT2D eigenvalue weighted by Crippen LogP contribution is -2.55. The molecule has 0 aliphatic carbocycles. The number of ether oxygens (including phenoxy) is 2. The minimum absolute atomic E-state index is 0.0661. The molecule has 8 heteroatoms. The van der Waals surface area contributed by atoms with Gasteiger partial charge in [-0.05, 0) is 31.9 Å². The summed E-state index contributed by atoms with van der Waals surface area (Å²) in [6.07, 6.45) is 2.99. The lowest BCUT2D eigenvalue weighted by molar-refractivity contribution is -0.0510. The van der Waals surface area contributed by atoms with Crippen molar-refractivity contribution in [1.29, 1.82) is 0 Å². The maximum absolute atomic E-state index is 14.1. The number of imidazole rings is 1. The summed E-state index contributed by atoms with van der Waals surface area (Å²) in [7, 11) is 0. The van der Waals surface area contributed by atoms with Gasteiger partial charge in [0.25, 0.3) is 0 Å². The monoisotopic (exact) mass is 325 g/mol. The first kappa shape index (κ1) is 15.3. The predicted octanol–water partition coefficient (Wildman–Crippen LogP) is 2.04. The third-order valence-electron chi connectivity index (χ3n) is 3.28. The summed E-state index contributed by atoms with van der Waals surface area (Å²) in [5.41, 5.74) is 0.125. The summed E-state index contributed by atoms with van der Waals surface area (Å²) in [6, 6.07) is 1.41. The SMILES string of the molecule is CCOC(=O)c1ncc2c(F)cc(SNC3(C)COC3)cn12. The average Bonchev–Trinajstić information content (AvgIpc) is 2.88. The van der Waals surface area contributed by atoms with Gasteiger partial charge in [0.1, 0.15) is 11.3 Å². The van der Waals surface area contributed by atoms with Crippen LogP contribution in [0, 0.1) is 5.82 Å². The smallest absolute Gasteiger partial charge is 0.374 e. The van der Waals surface area contributed by atoms with Gasteiger partial charge in [-0.1, -0.05) is 0 Å². The molecule has 22 heavy (non-hydrogen) atoms. The Bertz CT molecular complexity index is 715. The zero-order valence-electron chi connectivity index (χ0n) is 12.3. The predicted molar refractivity (Wildman–Crippen MR) is 79.3 cm³/mol. The van der Waals surface area contributed by atoms with Crippen LogP contribution >= 0.6 is 11.9 Å². The molecule has 2 aromatic rings. The first-order chi connectivity index (χ1) is 10.5. The Balaban J connectivity index is 1.88. The van der Waals surface area contributed by atoms with Crippen LogP contribution in [-0.4, -0.2) is 40.7 Å². The highest BCUT2D eigenvalue weighted by atomic mass is 32.2. The van der Waals surface area contributed by atoms with Crippen molar-refractivity contribution in [3.63, 3.8) is 0 Å². The maximum Gasteiger partial charge on any atom is 0.374 e. The van der Waals surface area contributed by atoms with E-state index in [1.54, 1.807) is 13.1 Å². The second kappa shape index (κ2) is 5.86. The Morgan fingerprint density at radius 1 is 1.64 bits per heavy atom. The maximum atomic E-state index is 14.1. The fourth-order valence-corrected chi connectivity index (χ4v) is 2.89. The average molecular weight is 325 g/mol. The van der Waals surface area contributed by atoms with Gasteiger partial charge >= 0.3 is 5.97 Å². The van der Waals surface area contributed by atoms with Crippen LogP contribution in [0.25, 0.3) is 5.52 Å². The number of carbonyl (C=O) groups excluding carboxylic acids is 1. The summed E-state index contributed by atoms with van der Waals surface area (Å²) in [6.45, 7) is 5.21. The van der Waals surface area contributed by atoms with Crippen molar-refractivity contribution in [2.75, 3.05) is 19.8 Å². The van der Waals surface area contributed by atoms with E-state index in [4.69, 9.17) is 9.47 Å². The molecule has 3 rings (SSSR count). The van der Waals surface area contributed by atoms with Crippen LogP contribution < -0.4 is 4.72 Å². The summed E-state index contributed by atoms with van der Waals surface area (Å²) >= 11 is 1.30. The van der Waals surface area contributed by atoms with E-state index in [0.29, 0.717) is 18.1 Å². The summed E-state index contributed by atoms with van der Waals surface area (Å²) in [5, 5.41) is 0. The van der Waals surface area contributed by atoms with Crippen molar-refractivity contribution in [1.82, 2.24) is 14.1 Å². The summed E-state index contributed by atoms with van der Waals surface area (Å²) < 4.78 is 28.9. The number of nitrogens with zero attached hydrogens (tertiary/aromatic N) is 2. The molecule has 0 spiro atoms. The zero-order chi connectivity index (χ0) is 15.7. The molecular formula is C14H16FN3O3S. The Labute approximate surface area is 131 Å². The van der Waals surface area contributed by atoms with Gasteiger partial charge in [0, 0.05) is 11.1 Å². The molecule has 0 amide bonds. The van der Waals surface area contributed by atoms with E-state index in [2.05, 4.69) is 9.71 Å². The number of fused-ring (bicyclic) bond motifs is 1. The number of aromatic nitrogens is 2. The van der Waals surface area contributed by atoms with Gasteiger partial charge in [-0.15, -0.1) is 0 Å². The molecule has 0 radical (unpaired) electrons. The minimum Gasteiger partial charge on any atom is -0.460 e. The van der Waals surface area contributed by atoms with Crippen LogP contribution in [0.4, 0.5) is 4.39 Å². The molecule has 118 valence electrons. The van der Waals surface area contributed by atoms with Crippen LogP contribution in [-0.2, 0) is 9.47 Å². The highest BCUT2D eigenvalue weighted by Gasteiger charge is 2.33. The van der Waals surface area contributed by atoms with E-state index in [1.165, 1.54) is 28.6 Å². The molecule has 0 bridgehead atoms. The number of rotatable bonds is 5. The normalized spacial score (nSPS) is 16.5. The van der Waals surface area contributed by atoms with Crippen LogP contribution in [0.5, 0.6) is 0 Å². The molecule has 6 nitrogen and oxygen atoms in total. The minimum atomic E-state index is -0.573. The molecule has 3 heterocycles. The molecule has 0 unspecified atom stereocenters. The largest absolute Gasteiger partial charge is 0.460 e. The van der Waals surface area contributed by atoms with Crippen molar-refractivity contribution >= 4 is 23.4 Å². The number of hydrogen-bond acceptors (Lipinski definition) is 6. The zero-order valence-corrected chi connectivity index (χ0v) is 13.1. The molecular weight excluding hydrogens is 309 g/mol. The molecule has 1 aliphatic rings. The Hall–Kier alpha value is -1.64. The number of halogens is 1. The van der Waals surface area contributed by atoms with Crippen LogP contribution in [0.3, 0.4) is 0 Å². The third kappa shape index (κ3) is 2.81. The standard InChI is InChI=1S/C14H16FN3O3S/c1-3-21-13(19)12-16-5-11-10(15)4-9(6-18(11)12)22-17-14(2)7-20-8-14/h4-6,17H,3,7-8H2,1-2H3. The van der Waals surface area contributed by atoms with Gasteiger partial charge in [-0.25, -0.2) is 18.9 Å². The molecule has 1 aliphatic heterocycles. The summed E-state index contributed by atoms with van der Waals surface area (Å²) in [4.78, 5) is 16.4. The Kier molecular flexibility index (Phi) is 4.07. The third-order valence-corrected chi connectivity index (χ3v) is 4.34. The van der Waals surface area contributed by atoms with Crippen molar-refractivity contribution < 1.29 is 18.7 Å². The fraction of sp³-hybridized carbons (Fsp3) is 0.429. The van der Waals surface area contributed by atoms with Crippen molar-refractivity contribution in [2.45, 2.75) is 24.3 Å². The van der Waals surface area contributed by atoms with E-state index in [-0.39, 0.29) is 23.5 Å². The van der Waals surface area contributed by atoms with Crippen molar-refractivity contribution in [2.24, 2.45) is 0 Å². The number of nitrogens with one attached hydrogen (secondary N) is 1. The van der Waals surface area contributed by atoms with Crippen molar-refractivity contribution in [3.8, 4) is 0 Å². The van der Waals surface area contributed by atoms with Gasteiger partial charge in [-0.2, -0.15) is 0 Å². The van der Waals surface area contributed by atoms with Crippen LogP contribution in [0.1, 0.15) is 24.5 Å². The highest BCUT2D eigenvalue weighted by Crippen LogP contribution is 2.25. The summed E-state index contributed by atoms with van der Waals surface area (Å²) in [5.74, 6) is -0.947. The second-order valence-corrected chi connectivity index (χ2v) is 6.22. The van der Waals surface area contributed by atoms with Gasteiger partial charge in [0.05, 0.1) is 31.6 Å². The van der Waals surface area contributed by atoms with E-state index in [9.17, 15) is 9.18 Å². The molecule has 1 saturated heterocycles. The van der Waals surface area contributed by atoms with Crippen LogP contribution in [0.2, 0.25) is 0 Å². The van der Waals surface area contributed by atoms with Gasteiger partial charge in [-0.3, -0.25) is 4.40 Å². The number of pyridine rings is 1. The number of esters is 1. The van der Waals surface area contributed by atoms with E-state index >= 15 is 0 Å². The highest BCUT2D eigenvalue weighted by molar-refractivity contribution is 7.97. The van der Waals surface area contributed by atoms with E-state index in [0.717, 1.165) is 0 Å². The fourth-order valence-electron chi connectivity index (χ4n) is 2.08. The van der Waals surface area contributed by atoms with Crippen LogP contribution in [0.15, 0.2) is 23.4 Å². The molecule has 0 atom stereocenters. The van der Waals surface area contributed by atoms with Crippen molar-refractivity contribution in [3.05, 3.63) is 30.1 Å². The molecule has 0 aromatic carbocycles. The topological polar surface area (TPSA) is 64.9 Å². The molecule has 2 aromatic heterocycles. The van der Waals surface area contributed by atoms with E-state index in [1.807, 2.05) is 6.92 Å². The van der Waals surface area contributed by atoms with Gasteiger partial charge < -0.3 is 9.47 Å². The molecule has 1 N–H and O–H groups in total. The van der Waals surface area contributed by atoms with Gasteiger partial charge in [0.15, 0.2) is 0 Å². The molecule has 1 fully saturated rings. The lowest BCUT2D eigenvalue weighted by Gasteiger charge is -2.38. The number of carbonyl (C=O) groups is 1. The quantitative estimate of drug-likeness (QED) is 0.670. The molecule has 0 saturated carbocycles. The Morgan fingerprint density at radius 3 is 3.05 bits per heavy atom.